The van der Waals surface area contributed by atoms with Gasteiger partial charge in [0, 0.05) is 22.3 Å². The van der Waals surface area contributed by atoms with Crippen molar-refractivity contribution in [2.24, 2.45) is 5.92 Å². The molecule has 1 fully saturated rings. The van der Waals surface area contributed by atoms with Gasteiger partial charge in [-0.05, 0) is 62.2 Å². The Morgan fingerprint density at radius 3 is 2.54 bits per heavy atom. The number of ether oxygens (including phenoxy) is 1. The van der Waals surface area contributed by atoms with Gasteiger partial charge in [-0.25, -0.2) is 4.98 Å². The lowest BCUT2D eigenvalue weighted by Gasteiger charge is -2.31. The highest BCUT2D eigenvalue weighted by Gasteiger charge is 2.21. The van der Waals surface area contributed by atoms with Gasteiger partial charge in [0.15, 0.2) is 0 Å². The minimum atomic E-state index is -0.341. The Labute approximate surface area is 172 Å². The van der Waals surface area contributed by atoms with Crippen molar-refractivity contribution in [3.05, 3.63) is 58.7 Å². The number of nitrogens with zero attached hydrogens (tertiary/aromatic N) is 2. The molecule has 1 saturated heterocycles. The fourth-order valence-corrected chi connectivity index (χ4v) is 3.25. The van der Waals surface area contributed by atoms with Crippen LogP contribution in [0.2, 0.25) is 0 Å². The monoisotopic (exact) mass is 446 g/mol. The van der Waals surface area contributed by atoms with Crippen LogP contribution in [-0.4, -0.2) is 47.9 Å². The summed E-state index contributed by atoms with van der Waals surface area (Å²) in [7, 11) is 0. The molecule has 28 heavy (non-hydrogen) atoms. The smallest absolute Gasteiger partial charge is 0.269 e. The predicted octanol–water partition coefficient (Wildman–Crippen LogP) is 2.40. The number of pyridine rings is 1. The number of rotatable bonds is 6. The Morgan fingerprint density at radius 1 is 1.11 bits per heavy atom. The molecule has 0 saturated carbocycles. The van der Waals surface area contributed by atoms with Crippen LogP contribution in [0, 0.1) is 5.92 Å². The van der Waals surface area contributed by atoms with Crippen molar-refractivity contribution >= 4 is 27.7 Å². The summed E-state index contributed by atoms with van der Waals surface area (Å²) in [4.78, 5) is 30.3. The molecule has 8 heteroatoms. The number of hydrogen-bond donors (Lipinski definition) is 2. The van der Waals surface area contributed by atoms with E-state index in [0.29, 0.717) is 24.0 Å². The van der Waals surface area contributed by atoms with Gasteiger partial charge in [-0.1, -0.05) is 22.0 Å². The van der Waals surface area contributed by atoms with Crippen LogP contribution in [0.25, 0.3) is 0 Å². The molecule has 7 nitrogen and oxygen atoms in total. The van der Waals surface area contributed by atoms with Crippen molar-refractivity contribution in [3.8, 4) is 5.88 Å². The van der Waals surface area contributed by atoms with Gasteiger partial charge in [-0.3, -0.25) is 25.3 Å². The van der Waals surface area contributed by atoms with E-state index in [1.807, 2.05) is 18.2 Å². The first-order chi connectivity index (χ1) is 13.6. The Bertz CT molecular complexity index is 778. The lowest BCUT2D eigenvalue weighted by Crippen LogP contribution is -2.48. The first-order valence-electron chi connectivity index (χ1n) is 9.21. The molecule has 2 aromatic rings. The van der Waals surface area contributed by atoms with Gasteiger partial charge >= 0.3 is 0 Å². The van der Waals surface area contributed by atoms with Crippen LogP contribution in [0.4, 0.5) is 0 Å². The third-order valence-corrected chi connectivity index (χ3v) is 5.13. The fraction of sp³-hybridized carbons (Fsp3) is 0.350. The lowest BCUT2D eigenvalue weighted by molar-refractivity contribution is -0.123. The van der Waals surface area contributed by atoms with E-state index < -0.39 is 0 Å². The number of hydrazine groups is 1. The zero-order valence-electron chi connectivity index (χ0n) is 15.4. The van der Waals surface area contributed by atoms with Crippen LogP contribution < -0.4 is 15.6 Å². The van der Waals surface area contributed by atoms with Crippen molar-refractivity contribution < 1.29 is 14.3 Å². The second kappa shape index (κ2) is 10.2. The number of piperidine rings is 1. The zero-order valence-corrected chi connectivity index (χ0v) is 17.0. The van der Waals surface area contributed by atoms with Gasteiger partial charge in [0.1, 0.15) is 0 Å². The lowest BCUT2D eigenvalue weighted by atomic mass is 9.98. The van der Waals surface area contributed by atoms with E-state index in [-0.39, 0.29) is 18.4 Å². The van der Waals surface area contributed by atoms with E-state index in [1.54, 1.807) is 30.5 Å². The largest absolute Gasteiger partial charge is 0.477 e. The normalized spacial score (nSPS) is 15.0. The second-order valence-electron chi connectivity index (χ2n) is 6.71. The molecule has 2 heterocycles. The summed E-state index contributed by atoms with van der Waals surface area (Å²) in [5.74, 6) is 0.532. The predicted molar refractivity (Wildman–Crippen MR) is 109 cm³/mol. The molecular weight excluding hydrogens is 424 g/mol. The maximum absolute atomic E-state index is 12.1. The molecule has 1 aliphatic heterocycles. The molecule has 0 bridgehead atoms. The van der Waals surface area contributed by atoms with Gasteiger partial charge in [-0.2, -0.15) is 0 Å². The summed E-state index contributed by atoms with van der Waals surface area (Å²) in [5.41, 5.74) is 5.41. The first-order valence-corrected chi connectivity index (χ1v) is 10.0. The number of aromatic nitrogens is 1. The maximum Gasteiger partial charge on any atom is 0.269 e. The van der Waals surface area contributed by atoms with Gasteiger partial charge in [-0.15, -0.1) is 0 Å². The van der Waals surface area contributed by atoms with Crippen LogP contribution in [0.15, 0.2) is 53.1 Å². The number of carbonyl (C=O) groups excluding carboxylic acids is 2. The number of halogens is 1. The second-order valence-corrected chi connectivity index (χ2v) is 7.62. The molecule has 0 atom stereocenters. The molecule has 0 spiro atoms. The van der Waals surface area contributed by atoms with Crippen LogP contribution in [0.1, 0.15) is 23.2 Å². The van der Waals surface area contributed by atoms with Gasteiger partial charge in [0.2, 0.25) is 5.88 Å². The van der Waals surface area contributed by atoms with E-state index in [4.69, 9.17) is 4.74 Å². The van der Waals surface area contributed by atoms with Crippen LogP contribution in [-0.2, 0) is 4.79 Å². The highest BCUT2D eigenvalue weighted by molar-refractivity contribution is 9.10. The average molecular weight is 447 g/mol. The summed E-state index contributed by atoms with van der Waals surface area (Å²) < 4.78 is 6.61. The van der Waals surface area contributed by atoms with Gasteiger partial charge in [0.25, 0.3) is 11.8 Å². The van der Waals surface area contributed by atoms with Crippen molar-refractivity contribution in [2.45, 2.75) is 12.8 Å². The zero-order chi connectivity index (χ0) is 19.8. The maximum atomic E-state index is 12.1. The van der Waals surface area contributed by atoms with E-state index in [1.165, 1.54) is 0 Å². The van der Waals surface area contributed by atoms with Crippen LogP contribution in [0.5, 0.6) is 5.88 Å². The van der Waals surface area contributed by atoms with Gasteiger partial charge in [0.05, 0.1) is 13.2 Å². The Morgan fingerprint density at radius 2 is 1.86 bits per heavy atom. The molecule has 1 aromatic heterocycles. The molecule has 1 aromatic carbocycles. The summed E-state index contributed by atoms with van der Waals surface area (Å²) in [6.07, 6.45) is 3.64. The Hall–Kier alpha value is -2.45. The summed E-state index contributed by atoms with van der Waals surface area (Å²) in [5, 5.41) is 0. The van der Waals surface area contributed by atoms with Crippen LogP contribution in [0.3, 0.4) is 0 Å². The van der Waals surface area contributed by atoms with E-state index in [0.717, 1.165) is 30.4 Å². The number of nitrogens with one attached hydrogen (secondary N) is 2. The van der Waals surface area contributed by atoms with Crippen molar-refractivity contribution in [3.63, 3.8) is 0 Å². The highest BCUT2D eigenvalue weighted by Crippen LogP contribution is 2.18. The van der Waals surface area contributed by atoms with E-state index in [2.05, 4.69) is 36.7 Å². The number of hydrogen-bond acceptors (Lipinski definition) is 5. The molecular formula is C20H23BrN4O3. The summed E-state index contributed by atoms with van der Waals surface area (Å²) >= 11 is 3.32. The van der Waals surface area contributed by atoms with Crippen molar-refractivity contribution in [1.29, 1.82) is 0 Å². The number of carbonyl (C=O) groups is 2. The SMILES string of the molecule is O=C(CN1CCC(COc2ccccn2)CC1)NNC(=O)c1ccc(Br)cc1. The molecule has 148 valence electrons. The third-order valence-electron chi connectivity index (χ3n) is 4.60. The molecule has 2 amide bonds. The Balaban J connectivity index is 1.33. The molecule has 2 N–H and O–H groups in total. The standard InChI is InChI=1S/C20H23BrN4O3/c21-17-6-4-16(5-7-17)20(27)24-23-18(26)13-25-11-8-15(9-12-25)14-28-19-3-1-2-10-22-19/h1-7,10,15H,8-9,11-14H2,(H,23,26)(H,24,27). The number of benzene rings is 1. The van der Waals surface area contributed by atoms with E-state index >= 15 is 0 Å². The highest BCUT2D eigenvalue weighted by atomic mass is 79.9. The van der Waals surface area contributed by atoms with Gasteiger partial charge < -0.3 is 4.74 Å². The molecule has 0 radical (unpaired) electrons. The van der Waals surface area contributed by atoms with Crippen molar-refractivity contribution in [2.75, 3.05) is 26.2 Å². The topological polar surface area (TPSA) is 83.6 Å². The van der Waals surface area contributed by atoms with Crippen LogP contribution >= 0.6 is 15.9 Å². The Kier molecular flexibility index (Phi) is 7.39. The fourth-order valence-electron chi connectivity index (χ4n) is 2.99. The number of amides is 2. The summed E-state index contributed by atoms with van der Waals surface area (Å²) in [6, 6.07) is 12.5. The molecule has 0 unspecified atom stereocenters. The summed E-state index contributed by atoms with van der Waals surface area (Å²) in [6.45, 7) is 2.55. The minimum absolute atomic E-state index is 0.228. The number of likely N-dealkylation sites (tertiary alicyclic amines) is 1. The third kappa shape index (κ3) is 6.31. The van der Waals surface area contributed by atoms with Crippen molar-refractivity contribution in [1.82, 2.24) is 20.7 Å². The first kappa shape index (κ1) is 20.3. The molecule has 0 aliphatic carbocycles. The quantitative estimate of drug-likeness (QED) is 0.665. The van der Waals surface area contributed by atoms with E-state index in [9.17, 15) is 9.59 Å². The minimum Gasteiger partial charge on any atom is -0.477 e. The average Bonchev–Trinajstić information content (AvgIpc) is 2.73. The molecule has 3 rings (SSSR count). The molecule has 1 aliphatic rings.